The van der Waals surface area contributed by atoms with Crippen LogP contribution in [0, 0.1) is 0 Å². The summed E-state index contributed by atoms with van der Waals surface area (Å²) in [5, 5.41) is 3.41. The fraction of sp³-hybridized carbons (Fsp3) is 0.667. The third-order valence-corrected chi connectivity index (χ3v) is 3.25. The predicted molar refractivity (Wildman–Crippen MR) is 81.5 cm³/mol. The summed E-state index contributed by atoms with van der Waals surface area (Å²) in [7, 11) is 3.28. The Labute approximate surface area is 122 Å². The van der Waals surface area contributed by atoms with Gasteiger partial charge < -0.3 is 19.7 Å². The van der Waals surface area contributed by atoms with Crippen molar-refractivity contribution in [3.05, 3.63) is 18.0 Å². The van der Waals surface area contributed by atoms with Gasteiger partial charge in [-0.1, -0.05) is 13.8 Å². The molecule has 0 aliphatic rings. The molecule has 5 nitrogen and oxygen atoms in total. The molecule has 1 N–H and O–H groups in total. The van der Waals surface area contributed by atoms with E-state index >= 15 is 0 Å². The first-order valence-corrected chi connectivity index (χ1v) is 7.25. The number of hydrogen-bond donors (Lipinski definition) is 1. The van der Waals surface area contributed by atoms with E-state index in [1.807, 2.05) is 6.07 Å². The van der Waals surface area contributed by atoms with Gasteiger partial charge >= 0.3 is 0 Å². The SMILES string of the molecule is CCCN(CC)CCNCc1nccc(OC)c1OC. The van der Waals surface area contributed by atoms with Crippen LogP contribution in [-0.2, 0) is 6.54 Å². The molecule has 0 bridgehead atoms. The number of likely N-dealkylation sites (N-methyl/N-ethyl adjacent to an activating group) is 1. The van der Waals surface area contributed by atoms with Crippen LogP contribution in [0.15, 0.2) is 12.3 Å². The molecule has 0 fully saturated rings. The van der Waals surface area contributed by atoms with Crippen LogP contribution < -0.4 is 14.8 Å². The van der Waals surface area contributed by atoms with E-state index in [9.17, 15) is 0 Å². The normalized spacial score (nSPS) is 10.8. The predicted octanol–water partition coefficient (Wildman–Crippen LogP) is 1.92. The Morgan fingerprint density at radius 1 is 1.20 bits per heavy atom. The number of methoxy groups -OCH3 is 2. The van der Waals surface area contributed by atoms with Gasteiger partial charge in [-0.25, -0.2) is 0 Å². The number of hydrogen-bond acceptors (Lipinski definition) is 5. The van der Waals surface area contributed by atoms with E-state index in [2.05, 4.69) is 29.0 Å². The minimum absolute atomic E-state index is 0.685. The summed E-state index contributed by atoms with van der Waals surface area (Å²) in [5.74, 6) is 1.43. The summed E-state index contributed by atoms with van der Waals surface area (Å²) in [6.45, 7) is 9.33. The van der Waals surface area contributed by atoms with Crippen LogP contribution in [0.5, 0.6) is 11.5 Å². The highest BCUT2D eigenvalue weighted by Crippen LogP contribution is 2.28. The van der Waals surface area contributed by atoms with Crippen molar-refractivity contribution >= 4 is 0 Å². The smallest absolute Gasteiger partial charge is 0.183 e. The number of nitrogens with zero attached hydrogens (tertiary/aromatic N) is 2. The quantitative estimate of drug-likeness (QED) is 0.664. The molecule has 1 rings (SSSR count). The molecule has 0 atom stereocenters. The highest BCUT2D eigenvalue weighted by molar-refractivity contribution is 5.42. The number of ether oxygens (including phenoxy) is 2. The zero-order chi connectivity index (χ0) is 14.8. The third kappa shape index (κ3) is 4.98. The lowest BCUT2D eigenvalue weighted by molar-refractivity contribution is 0.287. The van der Waals surface area contributed by atoms with Crippen molar-refractivity contribution in [1.82, 2.24) is 15.2 Å². The number of nitrogens with one attached hydrogen (secondary N) is 1. The molecule has 1 aromatic rings. The summed E-state index contributed by atoms with van der Waals surface area (Å²) >= 11 is 0. The standard InChI is InChI=1S/C15H27N3O2/c1-5-10-18(6-2)11-9-16-12-13-15(20-4)14(19-3)7-8-17-13/h7-8,16H,5-6,9-12H2,1-4H3. The zero-order valence-electron chi connectivity index (χ0n) is 13.1. The molecule has 1 heterocycles. The highest BCUT2D eigenvalue weighted by Gasteiger charge is 2.10. The molecule has 0 unspecified atom stereocenters. The van der Waals surface area contributed by atoms with Crippen LogP contribution in [0.2, 0.25) is 0 Å². The van der Waals surface area contributed by atoms with Crippen LogP contribution in [-0.4, -0.2) is 50.3 Å². The highest BCUT2D eigenvalue weighted by atomic mass is 16.5. The van der Waals surface area contributed by atoms with Crippen molar-refractivity contribution < 1.29 is 9.47 Å². The van der Waals surface area contributed by atoms with Crippen LogP contribution in [0.4, 0.5) is 0 Å². The molecule has 0 aromatic carbocycles. The second-order valence-electron chi connectivity index (χ2n) is 4.60. The first kappa shape index (κ1) is 16.7. The molecule has 114 valence electrons. The second kappa shape index (κ2) is 9.55. The summed E-state index contributed by atoms with van der Waals surface area (Å²) in [5.41, 5.74) is 0.880. The van der Waals surface area contributed by atoms with Crippen molar-refractivity contribution in [3.8, 4) is 11.5 Å². The summed E-state index contributed by atoms with van der Waals surface area (Å²) in [6, 6.07) is 1.81. The Morgan fingerprint density at radius 3 is 2.60 bits per heavy atom. The molecule has 0 aliphatic heterocycles. The van der Waals surface area contributed by atoms with E-state index in [1.54, 1.807) is 20.4 Å². The van der Waals surface area contributed by atoms with Gasteiger partial charge in [0, 0.05) is 31.9 Å². The first-order valence-electron chi connectivity index (χ1n) is 7.25. The van der Waals surface area contributed by atoms with Crippen LogP contribution in [0.25, 0.3) is 0 Å². The molecule has 0 aliphatic carbocycles. The molecular weight excluding hydrogens is 254 g/mol. The maximum atomic E-state index is 5.37. The fourth-order valence-electron chi connectivity index (χ4n) is 2.16. The molecule has 0 amide bonds. The Kier molecular flexibility index (Phi) is 7.99. The van der Waals surface area contributed by atoms with Crippen molar-refractivity contribution in [2.45, 2.75) is 26.8 Å². The van der Waals surface area contributed by atoms with Gasteiger partial charge in [0.15, 0.2) is 11.5 Å². The molecule has 0 radical (unpaired) electrons. The largest absolute Gasteiger partial charge is 0.493 e. The van der Waals surface area contributed by atoms with Crippen LogP contribution in [0.1, 0.15) is 26.0 Å². The van der Waals surface area contributed by atoms with Crippen molar-refractivity contribution in [1.29, 1.82) is 0 Å². The van der Waals surface area contributed by atoms with E-state index in [1.165, 1.54) is 6.42 Å². The topological polar surface area (TPSA) is 46.6 Å². The fourth-order valence-corrected chi connectivity index (χ4v) is 2.16. The first-order chi connectivity index (χ1) is 9.76. The van der Waals surface area contributed by atoms with Gasteiger partial charge in [-0.3, -0.25) is 4.98 Å². The number of aromatic nitrogens is 1. The van der Waals surface area contributed by atoms with Crippen molar-refractivity contribution in [2.75, 3.05) is 40.4 Å². The lowest BCUT2D eigenvalue weighted by Gasteiger charge is -2.19. The lowest BCUT2D eigenvalue weighted by atomic mass is 10.3. The van der Waals surface area contributed by atoms with E-state index in [0.29, 0.717) is 12.3 Å². The molecule has 0 spiro atoms. The maximum absolute atomic E-state index is 5.37. The Bertz CT molecular complexity index is 385. The average molecular weight is 281 g/mol. The molecular formula is C15H27N3O2. The molecule has 1 aromatic heterocycles. The van der Waals surface area contributed by atoms with Crippen molar-refractivity contribution in [3.63, 3.8) is 0 Å². The van der Waals surface area contributed by atoms with Gasteiger partial charge in [0.1, 0.15) is 0 Å². The number of pyridine rings is 1. The molecule has 5 heteroatoms. The Balaban J connectivity index is 2.45. The zero-order valence-corrected chi connectivity index (χ0v) is 13.1. The van der Waals surface area contributed by atoms with E-state index in [0.717, 1.165) is 37.6 Å². The van der Waals surface area contributed by atoms with Crippen molar-refractivity contribution in [2.24, 2.45) is 0 Å². The lowest BCUT2D eigenvalue weighted by Crippen LogP contribution is -2.32. The van der Waals surface area contributed by atoms with E-state index < -0.39 is 0 Å². The monoisotopic (exact) mass is 281 g/mol. The van der Waals surface area contributed by atoms with Crippen LogP contribution >= 0.6 is 0 Å². The summed E-state index contributed by atoms with van der Waals surface area (Å²) in [6.07, 6.45) is 2.94. The minimum atomic E-state index is 0.685. The van der Waals surface area contributed by atoms with Gasteiger partial charge in [-0.15, -0.1) is 0 Å². The Morgan fingerprint density at radius 2 is 2.00 bits per heavy atom. The van der Waals surface area contributed by atoms with Gasteiger partial charge in [0.05, 0.1) is 19.9 Å². The Hall–Kier alpha value is -1.33. The maximum Gasteiger partial charge on any atom is 0.183 e. The molecule has 0 saturated heterocycles. The van der Waals surface area contributed by atoms with Gasteiger partial charge in [0.25, 0.3) is 0 Å². The third-order valence-electron chi connectivity index (χ3n) is 3.25. The summed E-state index contributed by atoms with van der Waals surface area (Å²) in [4.78, 5) is 6.78. The van der Waals surface area contributed by atoms with Gasteiger partial charge in [-0.05, 0) is 19.5 Å². The van der Waals surface area contributed by atoms with Crippen LogP contribution in [0.3, 0.4) is 0 Å². The van der Waals surface area contributed by atoms with Gasteiger partial charge in [-0.2, -0.15) is 0 Å². The van der Waals surface area contributed by atoms with E-state index in [4.69, 9.17) is 9.47 Å². The summed E-state index contributed by atoms with van der Waals surface area (Å²) < 4.78 is 10.6. The molecule has 0 saturated carbocycles. The second-order valence-corrected chi connectivity index (χ2v) is 4.60. The van der Waals surface area contributed by atoms with E-state index in [-0.39, 0.29) is 0 Å². The average Bonchev–Trinajstić information content (AvgIpc) is 2.49. The molecule has 20 heavy (non-hydrogen) atoms. The van der Waals surface area contributed by atoms with Gasteiger partial charge in [0.2, 0.25) is 0 Å². The number of rotatable bonds is 10. The minimum Gasteiger partial charge on any atom is -0.493 e.